The zero-order valence-electron chi connectivity index (χ0n) is 10.9. The Balaban J connectivity index is 2.15. The van der Waals surface area contributed by atoms with Crippen molar-refractivity contribution in [1.82, 2.24) is 0 Å². The van der Waals surface area contributed by atoms with Crippen LogP contribution in [0.1, 0.15) is 23.5 Å². The number of non-ortho nitro benzene ring substituents is 1. The van der Waals surface area contributed by atoms with Crippen molar-refractivity contribution in [2.24, 2.45) is 5.92 Å². The first-order valence-electron chi connectivity index (χ1n) is 6.44. The summed E-state index contributed by atoms with van der Waals surface area (Å²) in [5.74, 6) is -1.03. The van der Waals surface area contributed by atoms with Gasteiger partial charge in [-0.1, -0.05) is 12.2 Å². The van der Waals surface area contributed by atoms with Crippen molar-refractivity contribution < 1.29 is 14.8 Å². The lowest BCUT2D eigenvalue weighted by Crippen LogP contribution is -2.42. The number of nitro benzene ring substituents is 1. The predicted octanol–water partition coefficient (Wildman–Crippen LogP) is 2.44. The molecule has 2 N–H and O–H groups in total. The number of carboxylic acid groups (broad SMARTS) is 1. The van der Waals surface area contributed by atoms with E-state index in [1.165, 1.54) is 6.07 Å². The Hall–Kier alpha value is -2.37. The van der Waals surface area contributed by atoms with E-state index in [0.29, 0.717) is 12.0 Å². The summed E-state index contributed by atoms with van der Waals surface area (Å²) in [7, 11) is 0. The molecule has 0 aromatic heterocycles. The molecule has 6 heteroatoms. The van der Waals surface area contributed by atoms with E-state index in [0.717, 1.165) is 11.3 Å². The van der Waals surface area contributed by atoms with Crippen molar-refractivity contribution in [2.75, 3.05) is 5.32 Å². The van der Waals surface area contributed by atoms with Crippen molar-refractivity contribution >= 4 is 17.3 Å². The van der Waals surface area contributed by atoms with E-state index in [-0.39, 0.29) is 17.5 Å². The molecule has 1 aliphatic heterocycles. The van der Waals surface area contributed by atoms with Crippen molar-refractivity contribution in [3.05, 3.63) is 45.5 Å². The molecule has 0 bridgehead atoms. The van der Waals surface area contributed by atoms with Crippen LogP contribution in [-0.2, 0) is 4.79 Å². The molecule has 0 spiro atoms. The largest absolute Gasteiger partial charge is 0.480 e. The van der Waals surface area contributed by atoms with Gasteiger partial charge in [-0.3, -0.25) is 10.1 Å². The van der Waals surface area contributed by atoms with Crippen LogP contribution in [0.5, 0.6) is 0 Å². The van der Waals surface area contributed by atoms with Crippen molar-refractivity contribution in [2.45, 2.75) is 25.3 Å². The third kappa shape index (κ3) is 1.76. The normalized spacial score (nSPS) is 26.6. The van der Waals surface area contributed by atoms with Gasteiger partial charge in [0.25, 0.3) is 5.69 Å². The van der Waals surface area contributed by atoms with Gasteiger partial charge in [0.15, 0.2) is 0 Å². The Kier molecular flexibility index (Phi) is 2.74. The van der Waals surface area contributed by atoms with Crippen LogP contribution in [-0.4, -0.2) is 22.0 Å². The first kappa shape index (κ1) is 12.7. The highest BCUT2D eigenvalue weighted by Gasteiger charge is 2.41. The smallest absolute Gasteiger partial charge is 0.326 e. The monoisotopic (exact) mass is 274 g/mol. The number of hydrogen-bond donors (Lipinski definition) is 2. The summed E-state index contributed by atoms with van der Waals surface area (Å²) in [6.07, 6.45) is 4.59. The molecule has 3 atom stereocenters. The van der Waals surface area contributed by atoms with Gasteiger partial charge in [0.05, 0.1) is 4.92 Å². The summed E-state index contributed by atoms with van der Waals surface area (Å²) in [4.78, 5) is 22.0. The van der Waals surface area contributed by atoms with Crippen LogP contribution in [0, 0.1) is 23.0 Å². The van der Waals surface area contributed by atoms with Gasteiger partial charge in [-0.25, -0.2) is 4.79 Å². The second-order valence-electron chi connectivity index (χ2n) is 5.30. The van der Waals surface area contributed by atoms with Gasteiger partial charge in [0, 0.05) is 29.7 Å². The molecule has 0 saturated carbocycles. The molecular weight excluding hydrogens is 260 g/mol. The quantitative estimate of drug-likeness (QED) is 0.491. The first-order chi connectivity index (χ1) is 9.49. The predicted molar refractivity (Wildman–Crippen MR) is 72.9 cm³/mol. The SMILES string of the molecule is Cc1cc([N+](=O)[O-])cc2c1N[C@H](C(=O)O)[C@H]1CC=C[C@H]21. The Bertz CT molecular complexity index is 638. The zero-order valence-corrected chi connectivity index (χ0v) is 10.9. The maximum absolute atomic E-state index is 11.4. The van der Waals surface area contributed by atoms with E-state index in [1.54, 1.807) is 13.0 Å². The Labute approximate surface area is 115 Å². The molecule has 20 heavy (non-hydrogen) atoms. The van der Waals surface area contributed by atoms with Crippen LogP contribution in [0.4, 0.5) is 11.4 Å². The number of anilines is 1. The fraction of sp³-hybridized carbons (Fsp3) is 0.357. The van der Waals surface area contributed by atoms with Crippen molar-refractivity contribution in [3.8, 4) is 0 Å². The maximum Gasteiger partial charge on any atom is 0.326 e. The summed E-state index contributed by atoms with van der Waals surface area (Å²) >= 11 is 0. The summed E-state index contributed by atoms with van der Waals surface area (Å²) in [6, 6.07) is 2.38. The number of nitrogens with one attached hydrogen (secondary N) is 1. The highest BCUT2D eigenvalue weighted by atomic mass is 16.6. The number of benzene rings is 1. The van der Waals surface area contributed by atoms with Crippen LogP contribution in [0.3, 0.4) is 0 Å². The number of nitrogens with zero attached hydrogens (tertiary/aromatic N) is 1. The number of rotatable bonds is 2. The average Bonchev–Trinajstić information content (AvgIpc) is 2.86. The first-order valence-corrected chi connectivity index (χ1v) is 6.44. The Morgan fingerprint density at radius 1 is 1.50 bits per heavy atom. The minimum Gasteiger partial charge on any atom is -0.480 e. The zero-order chi connectivity index (χ0) is 14.4. The number of nitro groups is 1. The molecule has 0 amide bonds. The molecule has 6 nitrogen and oxygen atoms in total. The highest BCUT2D eigenvalue weighted by Crippen LogP contribution is 2.46. The minimum atomic E-state index is -0.882. The number of carboxylic acids is 1. The van der Waals surface area contributed by atoms with Gasteiger partial charge in [0.1, 0.15) is 6.04 Å². The third-order valence-corrected chi connectivity index (χ3v) is 4.13. The standard InChI is InChI=1S/C14H14N2O4/c1-7-5-8(16(19)20)6-11-9-3-2-4-10(9)13(14(17)18)15-12(7)11/h2-3,5-6,9-10,13,15H,4H2,1H3,(H,17,18)/t9-,10-,13-/m0/s1. The Morgan fingerprint density at radius 3 is 2.90 bits per heavy atom. The van der Waals surface area contributed by atoms with E-state index in [9.17, 15) is 20.0 Å². The number of allylic oxidation sites excluding steroid dienone is 2. The van der Waals surface area contributed by atoms with Gasteiger partial charge in [0.2, 0.25) is 0 Å². The number of aryl methyl sites for hydroxylation is 1. The third-order valence-electron chi connectivity index (χ3n) is 4.13. The van der Waals surface area contributed by atoms with Gasteiger partial charge >= 0.3 is 5.97 Å². The lowest BCUT2D eigenvalue weighted by molar-refractivity contribution is -0.385. The molecule has 0 fully saturated rings. The molecular formula is C14H14N2O4. The molecule has 104 valence electrons. The van der Waals surface area contributed by atoms with Crippen LogP contribution < -0.4 is 5.32 Å². The maximum atomic E-state index is 11.4. The van der Waals surface area contributed by atoms with E-state index in [1.807, 2.05) is 12.2 Å². The van der Waals surface area contributed by atoms with Crippen LogP contribution >= 0.6 is 0 Å². The van der Waals surface area contributed by atoms with Crippen molar-refractivity contribution in [3.63, 3.8) is 0 Å². The van der Waals surface area contributed by atoms with Crippen molar-refractivity contribution in [1.29, 1.82) is 0 Å². The number of hydrogen-bond acceptors (Lipinski definition) is 4. The van der Waals surface area contributed by atoms with Crippen LogP contribution in [0.15, 0.2) is 24.3 Å². The molecule has 1 aromatic carbocycles. The number of fused-ring (bicyclic) bond motifs is 3. The fourth-order valence-corrected chi connectivity index (χ4v) is 3.22. The molecule has 0 saturated heterocycles. The molecule has 3 rings (SSSR count). The second-order valence-corrected chi connectivity index (χ2v) is 5.30. The second kappa shape index (κ2) is 4.33. The Morgan fingerprint density at radius 2 is 2.25 bits per heavy atom. The average molecular weight is 274 g/mol. The molecule has 2 aliphatic rings. The van der Waals surface area contributed by atoms with Crippen LogP contribution in [0.2, 0.25) is 0 Å². The van der Waals surface area contributed by atoms with Crippen LogP contribution in [0.25, 0.3) is 0 Å². The molecule has 1 aromatic rings. The van der Waals surface area contributed by atoms with Gasteiger partial charge in [-0.15, -0.1) is 0 Å². The van der Waals surface area contributed by atoms with E-state index >= 15 is 0 Å². The molecule has 1 heterocycles. The lowest BCUT2D eigenvalue weighted by atomic mass is 9.78. The lowest BCUT2D eigenvalue weighted by Gasteiger charge is -2.35. The highest BCUT2D eigenvalue weighted by molar-refractivity contribution is 5.82. The molecule has 0 radical (unpaired) electrons. The fourth-order valence-electron chi connectivity index (χ4n) is 3.22. The number of carbonyl (C=O) groups is 1. The summed E-state index contributed by atoms with van der Waals surface area (Å²) in [5.41, 5.74) is 2.30. The van der Waals surface area contributed by atoms with Gasteiger partial charge in [-0.2, -0.15) is 0 Å². The summed E-state index contributed by atoms with van der Waals surface area (Å²) in [6.45, 7) is 1.76. The van der Waals surface area contributed by atoms with E-state index in [4.69, 9.17) is 0 Å². The summed E-state index contributed by atoms with van der Waals surface area (Å²) < 4.78 is 0. The van der Waals surface area contributed by atoms with Gasteiger partial charge in [-0.05, 0) is 24.5 Å². The summed E-state index contributed by atoms with van der Waals surface area (Å²) in [5, 5.41) is 23.4. The minimum absolute atomic E-state index is 0.0517. The molecule has 1 aliphatic carbocycles. The molecule has 0 unspecified atom stereocenters. The van der Waals surface area contributed by atoms with E-state index in [2.05, 4.69) is 5.32 Å². The number of aliphatic carboxylic acids is 1. The van der Waals surface area contributed by atoms with E-state index < -0.39 is 16.9 Å². The topological polar surface area (TPSA) is 92.5 Å². The van der Waals surface area contributed by atoms with Gasteiger partial charge < -0.3 is 10.4 Å².